The average molecular weight is 363 g/mol. The molecule has 1 amide bonds. The van der Waals surface area contributed by atoms with Gasteiger partial charge in [0, 0.05) is 19.3 Å². The van der Waals surface area contributed by atoms with Crippen molar-refractivity contribution in [1.29, 1.82) is 0 Å². The summed E-state index contributed by atoms with van der Waals surface area (Å²) in [5.41, 5.74) is 1.87. The van der Waals surface area contributed by atoms with Crippen LogP contribution in [-0.2, 0) is 0 Å². The lowest BCUT2D eigenvalue weighted by molar-refractivity contribution is 0.0712. The number of rotatable bonds is 4. The maximum Gasteiger partial charge on any atom is 0.255 e. The molecule has 0 spiro atoms. The quantitative estimate of drug-likeness (QED) is 0.713. The van der Waals surface area contributed by atoms with Gasteiger partial charge >= 0.3 is 0 Å². The van der Waals surface area contributed by atoms with E-state index in [1.54, 1.807) is 36.4 Å². The molecule has 4 rings (SSSR count). The van der Waals surface area contributed by atoms with E-state index >= 15 is 0 Å². The number of amides is 1. The van der Waals surface area contributed by atoms with Gasteiger partial charge in [0.1, 0.15) is 18.4 Å². The third-order valence-electron chi connectivity index (χ3n) is 5.00. The van der Waals surface area contributed by atoms with E-state index in [1.807, 2.05) is 17.0 Å². The number of pyridine rings is 1. The van der Waals surface area contributed by atoms with Crippen LogP contribution in [-0.4, -0.2) is 50.8 Å². The Hall–Kier alpha value is -3.22. The van der Waals surface area contributed by atoms with Gasteiger partial charge in [-0.15, -0.1) is 0 Å². The van der Waals surface area contributed by atoms with Gasteiger partial charge in [0.15, 0.2) is 5.82 Å². The summed E-state index contributed by atoms with van der Waals surface area (Å²) in [6.07, 6.45) is 6.53. The summed E-state index contributed by atoms with van der Waals surface area (Å²) in [6.45, 7) is 1.48. The first kappa shape index (κ1) is 17.2. The van der Waals surface area contributed by atoms with Crippen LogP contribution in [0.4, 0.5) is 0 Å². The van der Waals surface area contributed by atoms with E-state index in [4.69, 9.17) is 4.74 Å². The van der Waals surface area contributed by atoms with Crippen molar-refractivity contribution in [2.24, 2.45) is 0 Å². The van der Waals surface area contributed by atoms with Crippen LogP contribution in [0, 0.1) is 0 Å². The normalized spacial score (nSPS) is 14.9. The fourth-order valence-electron chi connectivity index (χ4n) is 3.47. The van der Waals surface area contributed by atoms with Crippen molar-refractivity contribution >= 4 is 5.91 Å². The molecule has 3 heterocycles. The number of carbonyl (C=O) groups is 1. The van der Waals surface area contributed by atoms with Gasteiger partial charge in [-0.3, -0.25) is 4.79 Å². The molecule has 3 aromatic rings. The van der Waals surface area contributed by atoms with Gasteiger partial charge in [0.05, 0.1) is 12.7 Å². The lowest BCUT2D eigenvalue weighted by Gasteiger charge is -2.32. The Labute approximate surface area is 157 Å². The van der Waals surface area contributed by atoms with Crippen LogP contribution in [0.25, 0.3) is 5.82 Å². The third kappa shape index (κ3) is 3.67. The SMILES string of the molecule is COc1cccc(C2CCN(C(=O)c3ccc(-n4cncn4)nc3)CC2)c1. The number of aromatic nitrogens is 4. The Balaban J connectivity index is 1.39. The van der Waals surface area contributed by atoms with Gasteiger partial charge in [-0.05, 0) is 48.6 Å². The summed E-state index contributed by atoms with van der Waals surface area (Å²) in [5.74, 6) is 2.00. The molecular formula is C20H21N5O2. The predicted molar refractivity (Wildman–Crippen MR) is 100 cm³/mol. The molecule has 0 N–H and O–H groups in total. The second kappa shape index (κ2) is 7.57. The zero-order valence-electron chi connectivity index (χ0n) is 15.2. The van der Waals surface area contributed by atoms with E-state index in [-0.39, 0.29) is 5.91 Å². The summed E-state index contributed by atoms with van der Waals surface area (Å²) in [6, 6.07) is 11.8. The van der Waals surface area contributed by atoms with Crippen molar-refractivity contribution in [3.05, 3.63) is 66.4 Å². The molecule has 2 aromatic heterocycles. The van der Waals surface area contributed by atoms with Crippen molar-refractivity contribution in [3.63, 3.8) is 0 Å². The molecule has 0 bridgehead atoms. The Kier molecular flexibility index (Phi) is 4.82. The Morgan fingerprint density at radius 1 is 1.19 bits per heavy atom. The maximum atomic E-state index is 12.8. The second-order valence-electron chi connectivity index (χ2n) is 6.59. The molecule has 0 unspecified atom stereocenters. The molecule has 1 aromatic carbocycles. The monoisotopic (exact) mass is 363 g/mol. The number of carbonyl (C=O) groups excluding carboxylic acids is 1. The van der Waals surface area contributed by atoms with Crippen molar-refractivity contribution in [2.75, 3.05) is 20.2 Å². The average Bonchev–Trinajstić information content (AvgIpc) is 3.28. The van der Waals surface area contributed by atoms with Crippen molar-refractivity contribution in [1.82, 2.24) is 24.6 Å². The molecule has 0 aliphatic carbocycles. The summed E-state index contributed by atoms with van der Waals surface area (Å²) in [7, 11) is 1.68. The lowest BCUT2D eigenvalue weighted by atomic mass is 9.89. The van der Waals surface area contributed by atoms with Gasteiger partial charge < -0.3 is 9.64 Å². The smallest absolute Gasteiger partial charge is 0.255 e. The summed E-state index contributed by atoms with van der Waals surface area (Å²) in [4.78, 5) is 22.9. The summed E-state index contributed by atoms with van der Waals surface area (Å²) < 4.78 is 6.88. The molecule has 1 saturated heterocycles. The van der Waals surface area contributed by atoms with Gasteiger partial charge in [-0.1, -0.05) is 12.1 Å². The van der Waals surface area contributed by atoms with Crippen molar-refractivity contribution in [2.45, 2.75) is 18.8 Å². The minimum absolute atomic E-state index is 0.0248. The maximum absolute atomic E-state index is 12.8. The van der Waals surface area contributed by atoms with E-state index < -0.39 is 0 Å². The first-order chi connectivity index (χ1) is 13.2. The number of likely N-dealkylation sites (tertiary alicyclic amines) is 1. The summed E-state index contributed by atoms with van der Waals surface area (Å²) >= 11 is 0. The molecular weight excluding hydrogens is 342 g/mol. The molecule has 138 valence electrons. The standard InChI is InChI=1S/C20H21N5O2/c1-27-18-4-2-3-16(11-18)15-7-9-24(10-8-15)20(26)17-5-6-19(22-12-17)25-14-21-13-23-25/h2-6,11-15H,7-10H2,1H3. The minimum atomic E-state index is 0.0248. The number of hydrogen-bond donors (Lipinski definition) is 0. The van der Waals surface area contributed by atoms with Crippen LogP contribution < -0.4 is 4.74 Å². The highest BCUT2D eigenvalue weighted by Gasteiger charge is 2.25. The van der Waals surface area contributed by atoms with Gasteiger partial charge in [0.25, 0.3) is 5.91 Å². The highest BCUT2D eigenvalue weighted by molar-refractivity contribution is 5.94. The predicted octanol–water partition coefficient (Wildman–Crippen LogP) is 2.69. The zero-order chi connectivity index (χ0) is 18.6. The van der Waals surface area contributed by atoms with Crippen LogP contribution >= 0.6 is 0 Å². The zero-order valence-corrected chi connectivity index (χ0v) is 15.2. The molecule has 0 saturated carbocycles. The van der Waals surface area contributed by atoms with E-state index in [2.05, 4.69) is 27.2 Å². The van der Waals surface area contributed by atoms with Gasteiger partial charge in [-0.2, -0.15) is 5.10 Å². The van der Waals surface area contributed by atoms with Crippen LogP contribution in [0.15, 0.2) is 55.2 Å². The summed E-state index contributed by atoms with van der Waals surface area (Å²) in [5, 5.41) is 4.04. The number of nitrogens with zero attached hydrogens (tertiary/aromatic N) is 5. The van der Waals surface area contributed by atoms with Gasteiger partial charge in [0.2, 0.25) is 0 Å². The van der Waals surface area contributed by atoms with E-state index in [1.165, 1.54) is 11.9 Å². The molecule has 0 radical (unpaired) electrons. The number of benzene rings is 1. The van der Waals surface area contributed by atoms with Crippen LogP contribution in [0.3, 0.4) is 0 Å². The molecule has 1 aliphatic heterocycles. The highest BCUT2D eigenvalue weighted by atomic mass is 16.5. The fourth-order valence-corrected chi connectivity index (χ4v) is 3.47. The lowest BCUT2D eigenvalue weighted by Crippen LogP contribution is -2.38. The van der Waals surface area contributed by atoms with Crippen molar-refractivity contribution < 1.29 is 9.53 Å². The number of hydrogen-bond acceptors (Lipinski definition) is 5. The molecule has 7 nitrogen and oxygen atoms in total. The van der Waals surface area contributed by atoms with Gasteiger partial charge in [-0.25, -0.2) is 14.6 Å². The first-order valence-corrected chi connectivity index (χ1v) is 8.99. The topological polar surface area (TPSA) is 73.1 Å². The van der Waals surface area contributed by atoms with E-state index in [9.17, 15) is 4.79 Å². The Morgan fingerprint density at radius 3 is 2.70 bits per heavy atom. The largest absolute Gasteiger partial charge is 0.497 e. The molecule has 1 aliphatic rings. The Bertz CT molecular complexity index is 900. The molecule has 0 atom stereocenters. The molecule has 27 heavy (non-hydrogen) atoms. The highest BCUT2D eigenvalue weighted by Crippen LogP contribution is 2.30. The van der Waals surface area contributed by atoms with Crippen LogP contribution in [0.2, 0.25) is 0 Å². The minimum Gasteiger partial charge on any atom is -0.497 e. The van der Waals surface area contributed by atoms with E-state index in [0.717, 1.165) is 31.7 Å². The molecule has 7 heteroatoms. The van der Waals surface area contributed by atoms with Crippen LogP contribution in [0.1, 0.15) is 34.7 Å². The number of methoxy groups -OCH3 is 1. The number of piperidine rings is 1. The fraction of sp³-hybridized carbons (Fsp3) is 0.300. The Morgan fingerprint density at radius 2 is 2.04 bits per heavy atom. The van der Waals surface area contributed by atoms with Crippen molar-refractivity contribution in [3.8, 4) is 11.6 Å². The van der Waals surface area contributed by atoms with Crippen LogP contribution in [0.5, 0.6) is 5.75 Å². The first-order valence-electron chi connectivity index (χ1n) is 8.99. The third-order valence-corrected chi connectivity index (χ3v) is 5.00. The second-order valence-corrected chi connectivity index (χ2v) is 6.59. The molecule has 1 fully saturated rings. The van der Waals surface area contributed by atoms with E-state index in [0.29, 0.717) is 17.3 Å². The number of ether oxygens (including phenoxy) is 1.